The van der Waals surface area contributed by atoms with Gasteiger partial charge in [0, 0.05) is 18.0 Å². The Kier molecular flexibility index (Phi) is 5.89. The Balaban J connectivity index is 1.76. The number of aliphatic hydroxyl groups excluding tert-OH is 1. The van der Waals surface area contributed by atoms with E-state index in [0.29, 0.717) is 38.0 Å². The van der Waals surface area contributed by atoms with Crippen LogP contribution in [0.25, 0.3) is 10.2 Å². The first-order valence-corrected chi connectivity index (χ1v) is 9.77. The average molecular weight is 365 g/mol. The molecule has 0 saturated heterocycles. The number of nitrogens with one attached hydrogen (secondary N) is 1. The van der Waals surface area contributed by atoms with Crippen LogP contribution in [0, 0.1) is 5.92 Å². The number of aromatic amines is 1. The van der Waals surface area contributed by atoms with E-state index in [1.807, 2.05) is 18.9 Å². The van der Waals surface area contributed by atoms with Crippen molar-refractivity contribution in [2.24, 2.45) is 5.92 Å². The van der Waals surface area contributed by atoms with E-state index in [4.69, 9.17) is 4.74 Å². The number of hydrogen-bond donors (Lipinski definition) is 2. The zero-order valence-corrected chi connectivity index (χ0v) is 16.0. The highest BCUT2D eigenvalue weighted by atomic mass is 32.1. The summed E-state index contributed by atoms with van der Waals surface area (Å²) >= 11 is 1.66. The van der Waals surface area contributed by atoms with Crippen LogP contribution in [0.1, 0.15) is 36.5 Å². The molecule has 0 fully saturated rings. The van der Waals surface area contributed by atoms with Crippen molar-refractivity contribution in [1.82, 2.24) is 14.9 Å². The zero-order valence-electron chi connectivity index (χ0n) is 15.2. The predicted octanol–water partition coefficient (Wildman–Crippen LogP) is 1.94. The van der Waals surface area contributed by atoms with Crippen molar-refractivity contribution in [3.05, 3.63) is 26.6 Å². The number of nitrogens with zero attached hydrogens (tertiary/aromatic N) is 2. The van der Waals surface area contributed by atoms with Gasteiger partial charge in [-0.3, -0.25) is 9.69 Å². The monoisotopic (exact) mass is 365 g/mol. The molecule has 1 aliphatic carbocycles. The molecule has 0 aromatic carbocycles. The van der Waals surface area contributed by atoms with Gasteiger partial charge in [-0.2, -0.15) is 0 Å². The Labute approximate surface area is 151 Å². The molecule has 0 saturated carbocycles. The Bertz CT molecular complexity index is 786. The van der Waals surface area contributed by atoms with Gasteiger partial charge >= 0.3 is 0 Å². The van der Waals surface area contributed by atoms with Crippen molar-refractivity contribution in [2.75, 3.05) is 26.8 Å². The molecule has 6 nitrogen and oxygen atoms in total. The van der Waals surface area contributed by atoms with Crippen LogP contribution >= 0.6 is 11.3 Å². The maximum absolute atomic E-state index is 12.6. The second kappa shape index (κ2) is 7.95. The molecule has 0 aliphatic heterocycles. The average Bonchev–Trinajstić information content (AvgIpc) is 2.90. The van der Waals surface area contributed by atoms with Gasteiger partial charge in [0.1, 0.15) is 10.7 Å². The molecule has 0 amide bonds. The Morgan fingerprint density at radius 1 is 1.52 bits per heavy atom. The minimum atomic E-state index is -0.545. The van der Waals surface area contributed by atoms with Crippen LogP contribution in [0.2, 0.25) is 0 Å². The molecular weight excluding hydrogens is 338 g/mol. The minimum absolute atomic E-state index is 0.0321. The number of aryl methyl sites for hydroxylation is 1. The molecule has 2 atom stereocenters. The molecule has 2 heterocycles. The number of fused-ring (bicyclic) bond motifs is 3. The molecule has 25 heavy (non-hydrogen) atoms. The van der Waals surface area contributed by atoms with E-state index < -0.39 is 6.10 Å². The number of aliphatic hydroxyl groups is 1. The molecule has 1 aliphatic rings. The number of hydrogen-bond acceptors (Lipinski definition) is 6. The Morgan fingerprint density at radius 3 is 3.08 bits per heavy atom. The summed E-state index contributed by atoms with van der Waals surface area (Å²) in [6.45, 7) is 6.04. The third-order valence-corrected chi connectivity index (χ3v) is 5.82. The van der Waals surface area contributed by atoms with Gasteiger partial charge in [-0.05, 0) is 44.7 Å². The fourth-order valence-electron chi connectivity index (χ4n) is 3.45. The lowest BCUT2D eigenvalue weighted by Gasteiger charge is -2.19. The normalized spacial score (nSPS) is 18.7. The van der Waals surface area contributed by atoms with Crippen molar-refractivity contribution in [2.45, 2.75) is 45.8 Å². The Hall–Kier alpha value is -1.28. The highest BCUT2D eigenvalue weighted by Gasteiger charge is 2.23. The maximum Gasteiger partial charge on any atom is 0.259 e. The minimum Gasteiger partial charge on any atom is -0.389 e. The molecule has 0 spiro atoms. The summed E-state index contributed by atoms with van der Waals surface area (Å²) < 4.78 is 5.23. The first-order chi connectivity index (χ1) is 12.0. The summed E-state index contributed by atoms with van der Waals surface area (Å²) in [5.41, 5.74) is 1.18. The van der Waals surface area contributed by atoms with E-state index in [-0.39, 0.29) is 5.56 Å². The largest absolute Gasteiger partial charge is 0.389 e. The number of ether oxygens (including phenoxy) is 1. The van der Waals surface area contributed by atoms with Gasteiger partial charge in [-0.1, -0.05) is 6.92 Å². The first-order valence-electron chi connectivity index (χ1n) is 8.95. The summed E-state index contributed by atoms with van der Waals surface area (Å²) in [5.74, 6) is 1.33. The van der Waals surface area contributed by atoms with Crippen LogP contribution in [0.3, 0.4) is 0 Å². The summed E-state index contributed by atoms with van der Waals surface area (Å²) in [7, 11) is 1.90. The molecule has 0 radical (unpaired) electrons. The van der Waals surface area contributed by atoms with E-state index in [9.17, 15) is 9.90 Å². The van der Waals surface area contributed by atoms with Crippen LogP contribution < -0.4 is 5.56 Å². The SMILES string of the molecule is CCOC[C@@H](O)CN(C)Cc1nc2sc3c(c2c(=O)[nH]1)CC[C@@H](C)C3. The highest BCUT2D eigenvalue weighted by Crippen LogP contribution is 2.35. The van der Waals surface area contributed by atoms with Gasteiger partial charge in [-0.15, -0.1) is 11.3 Å². The first kappa shape index (κ1) is 18.5. The summed E-state index contributed by atoms with van der Waals surface area (Å²) in [6, 6.07) is 0. The second-order valence-electron chi connectivity index (χ2n) is 7.05. The predicted molar refractivity (Wildman–Crippen MR) is 100 cm³/mol. The van der Waals surface area contributed by atoms with Crippen molar-refractivity contribution < 1.29 is 9.84 Å². The van der Waals surface area contributed by atoms with Gasteiger partial charge in [0.15, 0.2) is 0 Å². The molecule has 3 rings (SSSR count). The summed E-state index contributed by atoms with van der Waals surface area (Å²) in [5, 5.41) is 10.7. The second-order valence-corrected chi connectivity index (χ2v) is 8.14. The summed E-state index contributed by atoms with van der Waals surface area (Å²) in [6.07, 6.45) is 2.62. The van der Waals surface area contributed by atoms with Gasteiger partial charge in [0.05, 0.1) is 24.6 Å². The quantitative estimate of drug-likeness (QED) is 0.784. The van der Waals surface area contributed by atoms with Crippen LogP contribution in [-0.2, 0) is 24.1 Å². The third kappa shape index (κ3) is 4.28. The molecule has 2 aromatic heterocycles. The number of likely N-dealkylation sites (N-methyl/N-ethyl adjacent to an activating group) is 1. The van der Waals surface area contributed by atoms with E-state index in [1.165, 1.54) is 10.4 Å². The topological polar surface area (TPSA) is 78.5 Å². The molecule has 0 bridgehead atoms. The van der Waals surface area contributed by atoms with Gasteiger partial charge in [-0.25, -0.2) is 4.98 Å². The lowest BCUT2D eigenvalue weighted by atomic mass is 9.89. The number of thiophene rings is 1. The number of rotatable bonds is 7. The fraction of sp³-hybridized carbons (Fsp3) is 0.667. The van der Waals surface area contributed by atoms with Crippen molar-refractivity contribution in [1.29, 1.82) is 0 Å². The van der Waals surface area contributed by atoms with E-state index >= 15 is 0 Å². The van der Waals surface area contributed by atoms with Crippen LogP contribution in [0.4, 0.5) is 0 Å². The van der Waals surface area contributed by atoms with Crippen LogP contribution in [0.15, 0.2) is 4.79 Å². The fourth-order valence-corrected chi connectivity index (χ4v) is 4.86. The van der Waals surface area contributed by atoms with Crippen molar-refractivity contribution >= 4 is 21.6 Å². The molecule has 2 N–H and O–H groups in total. The number of H-pyrrole nitrogens is 1. The van der Waals surface area contributed by atoms with E-state index in [2.05, 4.69) is 16.9 Å². The smallest absolute Gasteiger partial charge is 0.259 e. The van der Waals surface area contributed by atoms with Gasteiger partial charge in [0.25, 0.3) is 5.56 Å². The van der Waals surface area contributed by atoms with E-state index in [1.54, 1.807) is 11.3 Å². The summed E-state index contributed by atoms with van der Waals surface area (Å²) in [4.78, 5) is 24.3. The third-order valence-electron chi connectivity index (χ3n) is 4.67. The van der Waals surface area contributed by atoms with Gasteiger partial charge < -0.3 is 14.8 Å². The molecule has 138 valence electrons. The lowest BCUT2D eigenvalue weighted by Crippen LogP contribution is -2.32. The zero-order chi connectivity index (χ0) is 18.0. The van der Waals surface area contributed by atoms with Crippen LogP contribution in [-0.4, -0.2) is 52.9 Å². The molecule has 2 aromatic rings. The number of aromatic nitrogens is 2. The maximum atomic E-state index is 12.6. The lowest BCUT2D eigenvalue weighted by molar-refractivity contribution is 0.0240. The van der Waals surface area contributed by atoms with Crippen molar-refractivity contribution in [3.63, 3.8) is 0 Å². The van der Waals surface area contributed by atoms with Gasteiger partial charge in [0.2, 0.25) is 0 Å². The van der Waals surface area contributed by atoms with Crippen LogP contribution in [0.5, 0.6) is 0 Å². The molecule has 7 heteroatoms. The van der Waals surface area contributed by atoms with Crippen molar-refractivity contribution in [3.8, 4) is 0 Å². The molecule has 0 unspecified atom stereocenters. The highest BCUT2D eigenvalue weighted by molar-refractivity contribution is 7.18. The Morgan fingerprint density at radius 2 is 2.32 bits per heavy atom. The van der Waals surface area contributed by atoms with E-state index in [0.717, 1.165) is 29.5 Å². The molecular formula is C18H27N3O3S. The standard InChI is InChI=1S/C18H27N3O3S/c1-4-24-10-12(22)8-21(3)9-15-19-17(23)16-13-6-5-11(2)7-14(13)25-18(16)20-15/h11-12,22H,4-10H2,1-3H3,(H,19,20,23)/t11-,12+/m1/s1.